The highest BCUT2D eigenvalue weighted by atomic mass is 16.5. The number of piperidine rings is 1. The summed E-state index contributed by atoms with van der Waals surface area (Å²) < 4.78 is 7.70. The number of nitrogens with zero attached hydrogens (tertiary/aromatic N) is 3. The molecule has 1 amide bonds. The summed E-state index contributed by atoms with van der Waals surface area (Å²) in [5.74, 6) is 0.842. The average Bonchev–Trinajstić information content (AvgIpc) is 3.33. The highest BCUT2D eigenvalue weighted by Gasteiger charge is 2.29. The Bertz CT molecular complexity index is 573. The molecule has 1 aliphatic carbocycles. The van der Waals surface area contributed by atoms with Gasteiger partial charge in [0.05, 0.1) is 13.2 Å². The summed E-state index contributed by atoms with van der Waals surface area (Å²) in [5, 5.41) is 0. The van der Waals surface area contributed by atoms with Crippen LogP contribution in [0.5, 0.6) is 0 Å². The lowest BCUT2D eigenvalue weighted by atomic mass is 9.97. The van der Waals surface area contributed by atoms with Crippen LogP contribution < -0.4 is 0 Å². The van der Waals surface area contributed by atoms with Crippen molar-refractivity contribution in [2.75, 3.05) is 45.9 Å². The fourth-order valence-corrected chi connectivity index (χ4v) is 4.79. The van der Waals surface area contributed by atoms with E-state index in [9.17, 15) is 4.79 Å². The molecule has 1 aromatic heterocycles. The summed E-state index contributed by atoms with van der Waals surface area (Å²) in [7, 11) is 0. The van der Waals surface area contributed by atoms with Gasteiger partial charge in [0.25, 0.3) is 5.91 Å². The summed E-state index contributed by atoms with van der Waals surface area (Å²) in [6.45, 7) is 6.70. The third-order valence-corrected chi connectivity index (χ3v) is 6.14. The Labute approximate surface area is 150 Å². The lowest BCUT2D eigenvalue weighted by molar-refractivity contribution is 0.0222. The fourth-order valence-electron chi connectivity index (χ4n) is 4.79. The van der Waals surface area contributed by atoms with Crippen LogP contribution in [0.2, 0.25) is 0 Å². The summed E-state index contributed by atoms with van der Waals surface area (Å²) in [6, 6.07) is 4.59. The van der Waals surface area contributed by atoms with E-state index in [1.165, 1.54) is 32.1 Å². The van der Waals surface area contributed by atoms with Crippen LogP contribution >= 0.6 is 0 Å². The van der Waals surface area contributed by atoms with Crippen LogP contribution in [0.25, 0.3) is 0 Å². The first kappa shape index (κ1) is 17.1. The molecule has 0 bridgehead atoms. The van der Waals surface area contributed by atoms with Crippen molar-refractivity contribution in [3.63, 3.8) is 0 Å². The number of rotatable bonds is 4. The smallest absolute Gasteiger partial charge is 0.270 e. The predicted octanol–water partition coefficient (Wildman–Crippen LogP) is 2.79. The van der Waals surface area contributed by atoms with Gasteiger partial charge in [-0.1, -0.05) is 12.8 Å². The number of amides is 1. The van der Waals surface area contributed by atoms with Gasteiger partial charge in [0.15, 0.2) is 0 Å². The molecule has 1 aromatic rings. The van der Waals surface area contributed by atoms with Crippen LogP contribution in [0, 0.1) is 5.92 Å². The number of ether oxygens (including phenoxy) is 1. The Hall–Kier alpha value is -1.33. The monoisotopic (exact) mass is 345 g/mol. The van der Waals surface area contributed by atoms with Crippen LogP contribution in [-0.4, -0.2) is 66.2 Å². The van der Waals surface area contributed by atoms with Gasteiger partial charge < -0.3 is 14.2 Å². The predicted molar refractivity (Wildman–Crippen MR) is 97.8 cm³/mol. The number of likely N-dealkylation sites (tertiary alicyclic amines) is 1. The maximum atomic E-state index is 13.1. The molecule has 0 radical (unpaired) electrons. The van der Waals surface area contributed by atoms with Crippen LogP contribution in [0.3, 0.4) is 0 Å². The molecule has 5 heteroatoms. The van der Waals surface area contributed by atoms with Gasteiger partial charge in [-0.25, -0.2) is 0 Å². The first-order chi connectivity index (χ1) is 12.3. The van der Waals surface area contributed by atoms with Gasteiger partial charge in [0.2, 0.25) is 0 Å². The molecule has 3 aliphatic rings. The second-order valence-electron chi connectivity index (χ2n) is 7.91. The third-order valence-electron chi connectivity index (χ3n) is 6.14. The van der Waals surface area contributed by atoms with Crippen molar-refractivity contribution in [1.29, 1.82) is 0 Å². The van der Waals surface area contributed by atoms with Gasteiger partial charge in [0.1, 0.15) is 5.69 Å². The highest BCUT2D eigenvalue weighted by molar-refractivity contribution is 5.93. The molecule has 5 nitrogen and oxygen atoms in total. The summed E-state index contributed by atoms with van der Waals surface area (Å²) in [4.78, 5) is 17.8. The fraction of sp³-hybridized carbons (Fsp3) is 0.750. The zero-order valence-corrected chi connectivity index (χ0v) is 15.2. The lowest BCUT2D eigenvalue weighted by Gasteiger charge is -2.37. The molecule has 4 rings (SSSR count). The molecular weight excluding hydrogens is 314 g/mol. The Morgan fingerprint density at radius 3 is 2.68 bits per heavy atom. The Morgan fingerprint density at radius 2 is 1.88 bits per heavy atom. The maximum absolute atomic E-state index is 13.1. The molecule has 25 heavy (non-hydrogen) atoms. The van der Waals surface area contributed by atoms with E-state index < -0.39 is 0 Å². The summed E-state index contributed by atoms with van der Waals surface area (Å²) >= 11 is 0. The van der Waals surface area contributed by atoms with Crippen LogP contribution in [0.15, 0.2) is 18.3 Å². The van der Waals surface area contributed by atoms with Gasteiger partial charge >= 0.3 is 0 Å². The molecule has 3 fully saturated rings. The van der Waals surface area contributed by atoms with Gasteiger partial charge in [-0.05, 0) is 43.7 Å². The van der Waals surface area contributed by atoms with Crippen molar-refractivity contribution in [3.8, 4) is 0 Å². The minimum Gasteiger partial charge on any atom is -0.379 e. The lowest BCUT2D eigenvalue weighted by Crippen LogP contribution is -2.46. The molecule has 1 atom stereocenters. The van der Waals surface area contributed by atoms with Crippen molar-refractivity contribution < 1.29 is 9.53 Å². The molecule has 2 saturated heterocycles. The van der Waals surface area contributed by atoms with Crippen LogP contribution in [0.1, 0.15) is 55.1 Å². The summed E-state index contributed by atoms with van der Waals surface area (Å²) in [6.07, 6.45) is 9.50. The van der Waals surface area contributed by atoms with E-state index in [0.29, 0.717) is 12.0 Å². The highest BCUT2D eigenvalue weighted by Crippen LogP contribution is 2.31. The molecule has 3 heterocycles. The normalized spacial score (nSPS) is 26.2. The number of morpholine rings is 1. The van der Waals surface area contributed by atoms with E-state index in [1.807, 2.05) is 12.1 Å². The molecule has 0 spiro atoms. The van der Waals surface area contributed by atoms with Gasteiger partial charge in [-0.3, -0.25) is 9.69 Å². The molecule has 0 N–H and O–H groups in total. The molecule has 138 valence electrons. The van der Waals surface area contributed by atoms with E-state index in [0.717, 1.165) is 58.1 Å². The zero-order chi connectivity index (χ0) is 17.1. The number of carbonyl (C=O) groups is 1. The number of hydrogen-bond acceptors (Lipinski definition) is 3. The first-order valence-corrected chi connectivity index (χ1v) is 10.1. The van der Waals surface area contributed by atoms with Crippen molar-refractivity contribution in [1.82, 2.24) is 14.4 Å². The molecule has 2 aliphatic heterocycles. The van der Waals surface area contributed by atoms with Gasteiger partial charge in [-0.15, -0.1) is 0 Å². The Morgan fingerprint density at radius 1 is 1.08 bits per heavy atom. The molecular formula is C20H31N3O2. The van der Waals surface area contributed by atoms with Crippen molar-refractivity contribution in [3.05, 3.63) is 24.0 Å². The number of aromatic nitrogens is 1. The second-order valence-corrected chi connectivity index (χ2v) is 7.91. The topological polar surface area (TPSA) is 37.7 Å². The minimum absolute atomic E-state index is 0.239. The van der Waals surface area contributed by atoms with Crippen molar-refractivity contribution in [2.24, 2.45) is 5.92 Å². The van der Waals surface area contributed by atoms with Gasteiger partial charge in [0, 0.05) is 45.0 Å². The standard InChI is InChI=1S/C20H31N3O2/c24-20(19-8-4-10-23(19)18-6-1-2-7-18)22-9-3-5-17(16-22)15-21-11-13-25-14-12-21/h4,8,10,17-18H,1-3,5-7,9,11-16H2/t17-/m1/s1. The third kappa shape index (κ3) is 3.93. The van der Waals surface area contributed by atoms with E-state index in [4.69, 9.17) is 4.74 Å². The number of carbonyl (C=O) groups excluding carboxylic acids is 1. The zero-order valence-electron chi connectivity index (χ0n) is 15.2. The second kappa shape index (κ2) is 7.92. The van der Waals surface area contributed by atoms with Crippen molar-refractivity contribution in [2.45, 2.75) is 44.6 Å². The minimum atomic E-state index is 0.239. The van der Waals surface area contributed by atoms with E-state index in [-0.39, 0.29) is 5.91 Å². The average molecular weight is 345 g/mol. The van der Waals surface area contributed by atoms with E-state index in [2.05, 4.69) is 20.6 Å². The van der Waals surface area contributed by atoms with Crippen LogP contribution in [-0.2, 0) is 4.74 Å². The molecule has 0 unspecified atom stereocenters. The summed E-state index contributed by atoms with van der Waals surface area (Å²) in [5.41, 5.74) is 0.902. The van der Waals surface area contributed by atoms with Gasteiger partial charge in [-0.2, -0.15) is 0 Å². The van der Waals surface area contributed by atoms with E-state index >= 15 is 0 Å². The number of hydrogen-bond donors (Lipinski definition) is 0. The van der Waals surface area contributed by atoms with Crippen LogP contribution in [0.4, 0.5) is 0 Å². The maximum Gasteiger partial charge on any atom is 0.270 e. The van der Waals surface area contributed by atoms with E-state index in [1.54, 1.807) is 0 Å². The SMILES string of the molecule is O=C(c1cccn1C1CCCC1)N1CCC[C@H](CN2CCOCC2)C1. The first-order valence-electron chi connectivity index (χ1n) is 10.1. The van der Waals surface area contributed by atoms with Crippen molar-refractivity contribution >= 4 is 5.91 Å². The Kier molecular flexibility index (Phi) is 5.42. The quantitative estimate of drug-likeness (QED) is 0.842. The molecule has 0 aromatic carbocycles. The Balaban J connectivity index is 1.39. The largest absolute Gasteiger partial charge is 0.379 e. The molecule has 1 saturated carbocycles.